The van der Waals surface area contributed by atoms with E-state index in [1.807, 2.05) is 25.1 Å². The summed E-state index contributed by atoms with van der Waals surface area (Å²) in [6, 6.07) is 6.95. The lowest BCUT2D eigenvalue weighted by atomic mass is 10.1. The smallest absolute Gasteiger partial charge is 0.254 e. The zero-order valence-electron chi connectivity index (χ0n) is 11.1. The molecule has 1 aromatic carbocycles. The SMILES string of the molecule is CC(=O)N[C@@H]1CN(C(=O)c2cccc(C)c2)C[C@H]1O. The maximum atomic E-state index is 12.3. The van der Waals surface area contributed by atoms with Crippen LogP contribution in [-0.2, 0) is 4.79 Å². The number of carbonyl (C=O) groups excluding carboxylic acids is 2. The highest BCUT2D eigenvalue weighted by Gasteiger charge is 2.34. The van der Waals surface area contributed by atoms with Crippen LogP contribution in [0.4, 0.5) is 0 Å². The molecule has 2 amide bonds. The maximum absolute atomic E-state index is 12.3. The van der Waals surface area contributed by atoms with Crippen LogP contribution < -0.4 is 5.32 Å². The molecule has 2 N–H and O–H groups in total. The van der Waals surface area contributed by atoms with E-state index in [2.05, 4.69) is 5.32 Å². The van der Waals surface area contributed by atoms with Crippen LogP contribution in [0.3, 0.4) is 0 Å². The van der Waals surface area contributed by atoms with E-state index in [4.69, 9.17) is 0 Å². The van der Waals surface area contributed by atoms with Crippen LogP contribution in [0.1, 0.15) is 22.8 Å². The lowest BCUT2D eigenvalue weighted by Gasteiger charge is -2.16. The average molecular weight is 262 g/mol. The fourth-order valence-electron chi connectivity index (χ4n) is 2.32. The molecule has 0 spiro atoms. The summed E-state index contributed by atoms with van der Waals surface area (Å²) in [4.78, 5) is 24.9. The third kappa shape index (κ3) is 3.12. The van der Waals surface area contributed by atoms with Crippen LogP contribution in [0.5, 0.6) is 0 Å². The molecule has 19 heavy (non-hydrogen) atoms. The Labute approximate surface area is 112 Å². The van der Waals surface area contributed by atoms with Crippen molar-refractivity contribution in [1.82, 2.24) is 10.2 Å². The molecule has 0 aliphatic carbocycles. The molecule has 5 heteroatoms. The summed E-state index contributed by atoms with van der Waals surface area (Å²) >= 11 is 0. The van der Waals surface area contributed by atoms with Crippen molar-refractivity contribution in [2.24, 2.45) is 0 Å². The van der Waals surface area contributed by atoms with Crippen LogP contribution in [0.15, 0.2) is 24.3 Å². The standard InChI is InChI=1S/C14H18N2O3/c1-9-4-3-5-11(6-9)14(19)16-7-12(13(18)8-16)15-10(2)17/h3-6,12-13,18H,7-8H2,1-2H3,(H,15,17)/t12-,13-/m1/s1. The molecule has 0 bridgehead atoms. The van der Waals surface area contributed by atoms with Gasteiger partial charge in [0.1, 0.15) is 0 Å². The molecule has 0 aromatic heterocycles. The van der Waals surface area contributed by atoms with Crippen LogP contribution in [0.2, 0.25) is 0 Å². The maximum Gasteiger partial charge on any atom is 0.254 e. The number of aliphatic hydroxyl groups is 1. The van der Waals surface area contributed by atoms with Crippen LogP contribution in [0, 0.1) is 6.92 Å². The Morgan fingerprint density at radius 3 is 2.74 bits per heavy atom. The lowest BCUT2D eigenvalue weighted by molar-refractivity contribution is -0.120. The molecule has 102 valence electrons. The molecular weight excluding hydrogens is 244 g/mol. The summed E-state index contributed by atoms with van der Waals surface area (Å²) in [5, 5.41) is 12.5. The minimum Gasteiger partial charge on any atom is -0.389 e. The Hall–Kier alpha value is -1.88. The Kier molecular flexibility index (Phi) is 3.85. The number of aryl methyl sites for hydroxylation is 1. The molecular formula is C14H18N2O3. The van der Waals surface area contributed by atoms with Crippen molar-refractivity contribution >= 4 is 11.8 Å². The molecule has 1 fully saturated rings. The second kappa shape index (κ2) is 5.40. The van der Waals surface area contributed by atoms with Gasteiger partial charge in [-0.15, -0.1) is 0 Å². The largest absolute Gasteiger partial charge is 0.389 e. The fraction of sp³-hybridized carbons (Fsp3) is 0.429. The van der Waals surface area contributed by atoms with E-state index in [-0.39, 0.29) is 24.4 Å². The van der Waals surface area contributed by atoms with Crippen LogP contribution >= 0.6 is 0 Å². The number of carbonyl (C=O) groups is 2. The molecule has 2 rings (SSSR count). The Morgan fingerprint density at radius 2 is 2.11 bits per heavy atom. The third-order valence-electron chi connectivity index (χ3n) is 3.23. The number of hydrogen-bond acceptors (Lipinski definition) is 3. The second-order valence-electron chi connectivity index (χ2n) is 4.95. The molecule has 1 saturated heterocycles. The number of benzene rings is 1. The Balaban J connectivity index is 2.07. The van der Waals surface area contributed by atoms with E-state index in [1.165, 1.54) is 6.92 Å². The highest BCUT2D eigenvalue weighted by atomic mass is 16.3. The van der Waals surface area contributed by atoms with Gasteiger partial charge < -0.3 is 15.3 Å². The van der Waals surface area contributed by atoms with Crippen molar-refractivity contribution in [3.8, 4) is 0 Å². The van der Waals surface area contributed by atoms with E-state index in [1.54, 1.807) is 11.0 Å². The first-order valence-electron chi connectivity index (χ1n) is 6.28. The van der Waals surface area contributed by atoms with E-state index in [0.717, 1.165) is 5.56 Å². The van der Waals surface area contributed by atoms with Crippen molar-refractivity contribution in [2.75, 3.05) is 13.1 Å². The predicted octanol–water partition coefficient (Wildman–Crippen LogP) is 0.316. The van der Waals surface area contributed by atoms with Crippen molar-refractivity contribution in [3.05, 3.63) is 35.4 Å². The van der Waals surface area contributed by atoms with Gasteiger partial charge in [0.05, 0.1) is 12.1 Å². The Bertz CT molecular complexity index is 501. The van der Waals surface area contributed by atoms with Gasteiger partial charge in [0.15, 0.2) is 0 Å². The highest BCUT2D eigenvalue weighted by molar-refractivity contribution is 5.94. The van der Waals surface area contributed by atoms with Crippen LogP contribution in [-0.4, -0.2) is 47.1 Å². The fourth-order valence-corrected chi connectivity index (χ4v) is 2.32. The van der Waals surface area contributed by atoms with Crippen molar-refractivity contribution in [3.63, 3.8) is 0 Å². The molecule has 2 atom stereocenters. The normalized spacial score (nSPS) is 22.4. The van der Waals surface area contributed by atoms with Gasteiger partial charge in [-0.25, -0.2) is 0 Å². The van der Waals surface area contributed by atoms with E-state index in [9.17, 15) is 14.7 Å². The van der Waals surface area contributed by atoms with E-state index < -0.39 is 6.10 Å². The summed E-state index contributed by atoms with van der Waals surface area (Å²) in [6.45, 7) is 3.92. The van der Waals surface area contributed by atoms with Gasteiger partial charge in [-0.05, 0) is 19.1 Å². The zero-order valence-corrected chi connectivity index (χ0v) is 11.1. The van der Waals surface area contributed by atoms with Crippen molar-refractivity contribution in [2.45, 2.75) is 26.0 Å². The molecule has 1 aromatic rings. The number of amides is 2. The molecule has 0 radical (unpaired) electrons. The third-order valence-corrected chi connectivity index (χ3v) is 3.23. The second-order valence-corrected chi connectivity index (χ2v) is 4.95. The molecule has 0 unspecified atom stereocenters. The topological polar surface area (TPSA) is 69.6 Å². The first-order valence-corrected chi connectivity index (χ1v) is 6.28. The van der Waals surface area contributed by atoms with E-state index in [0.29, 0.717) is 12.1 Å². The van der Waals surface area contributed by atoms with Crippen LogP contribution in [0.25, 0.3) is 0 Å². The summed E-state index contributed by atoms with van der Waals surface area (Å²) in [5.74, 6) is -0.315. The molecule has 1 aliphatic rings. The van der Waals surface area contributed by atoms with Gasteiger partial charge in [0.2, 0.25) is 5.91 Å². The number of nitrogens with one attached hydrogen (secondary N) is 1. The first kappa shape index (κ1) is 13.5. The Morgan fingerprint density at radius 1 is 1.37 bits per heavy atom. The van der Waals surface area contributed by atoms with Crippen molar-refractivity contribution < 1.29 is 14.7 Å². The minimum absolute atomic E-state index is 0.115. The zero-order chi connectivity index (χ0) is 14.0. The molecule has 1 aliphatic heterocycles. The summed E-state index contributed by atoms with van der Waals surface area (Å²) in [7, 11) is 0. The summed E-state index contributed by atoms with van der Waals surface area (Å²) < 4.78 is 0. The van der Waals surface area contributed by atoms with Gasteiger partial charge in [0.25, 0.3) is 5.91 Å². The minimum atomic E-state index is -0.711. The number of rotatable bonds is 2. The number of hydrogen-bond donors (Lipinski definition) is 2. The highest BCUT2D eigenvalue weighted by Crippen LogP contribution is 2.15. The van der Waals surface area contributed by atoms with Gasteiger partial charge in [-0.2, -0.15) is 0 Å². The molecule has 1 heterocycles. The van der Waals surface area contributed by atoms with Gasteiger partial charge in [-0.1, -0.05) is 17.7 Å². The predicted molar refractivity (Wildman–Crippen MR) is 70.7 cm³/mol. The number of β-amino-alcohol motifs (C(OH)–C–C–N with tert-alkyl or cyclic N) is 1. The summed E-state index contributed by atoms with van der Waals surface area (Å²) in [6.07, 6.45) is -0.711. The van der Waals surface area contributed by atoms with Gasteiger partial charge in [0, 0.05) is 25.6 Å². The quantitative estimate of drug-likeness (QED) is 0.806. The van der Waals surface area contributed by atoms with Gasteiger partial charge >= 0.3 is 0 Å². The molecule has 5 nitrogen and oxygen atoms in total. The lowest BCUT2D eigenvalue weighted by Crippen LogP contribution is -2.41. The van der Waals surface area contributed by atoms with E-state index >= 15 is 0 Å². The summed E-state index contributed by atoms with van der Waals surface area (Å²) in [5.41, 5.74) is 1.62. The first-order chi connectivity index (χ1) is 8.97. The number of aliphatic hydroxyl groups excluding tert-OH is 1. The number of nitrogens with zero attached hydrogens (tertiary/aromatic N) is 1. The average Bonchev–Trinajstić information content (AvgIpc) is 2.69. The monoisotopic (exact) mass is 262 g/mol. The van der Waals surface area contributed by atoms with Gasteiger partial charge in [-0.3, -0.25) is 9.59 Å². The molecule has 0 saturated carbocycles. The van der Waals surface area contributed by atoms with Crippen molar-refractivity contribution in [1.29, 1.82) is 0 Å². The number of likely N-dealkylation sites (tertiary alicyclic amines) is 1.